The Balaban J connectivity index is 3.18. The molecule has 1 unspecified atom stereocenters. The van der Waals surface area contributed by atoms with Crippen LogP contribution in [0.2, 0.25) is 0 Å². The van der Waals surface area contributed by atoms with Crippen LogP contribution in [0.5, 0.6) is 0 Å². The summed E-state index contributed by atoms with van der Waals surface area (Å²) in [6.07, 6.45) is -14.4. The van der Waals surface area contributed by atoms with Crippen LogP contribution < -0.4 is 0 Å². The van der Waals surface area contributed by atoms with Gasteiger partial charge in [-0.25, -0.2) is 12.8 Å². The van der Waals surface area contributed by atoms with Crippen molar-refractivity contribution in [2.75, 3.05) is 0 Å². The number of rotatable bonds is 4. The van der Waals surface area contributed by atoms with Crippen LogP contribution in [0, 0.1) is 17.4 Å². The van der Waals surface area contributed by atoms with Crippen molar-refractivity contribution in [3.63, 3.8) is 0 Å². The highest BCUT2D eigenvalue weighted by molar-refractivity contribution is 9.10. The molecule has 0 aromatic heterocycles. The largest absolute Gasteiger partial charge is 0.501 e. The fourth-order valence-corrected chi connectivity index (χ4v) is 4.30. The molecule has 0 aliphatic rings. The Kier molecular flexibility index (Phi) is 7.04. The quantitative estimate of drug-likeness (QED) is 0.352. The molecule has 1 atom stereocenters. The molecule has 2 aromatic rings. The maximum Gasteiger partial charge on any atom is 0.501 e. The van der Waals surface area contributed by atoms with Gasteiger partial charge >= 0.3 is 29.5 Å². The SMILES string of the molecule is N#Cc1ccc(-c2c(Br)[c]c(S(=O)(=O)C(F)(F)F)cc2C(F)(C(F)(F)F)C(F)(F)C(F)(F)F)cc1. The van der Waals surface area contributed by atoms with Gasteiger partial charge in [0.25, 0.3) is 9.84 Å². The van der Waals surface area contributed by atoms with Gasteiger partial charge in [-0.15, -0.1) is 0 Å². The Hall–Kier alpha value is -2.48. The molecular weight excluding hydrogens is 602 g/mol. The van der Waals surface area contributed by atoms with Crippen LogP contribution in [0.15, 0.2) is 39.7 Å². The van der Waals surface area contributed by atoms with Gasteiger partial charge in [-0.2, -0.15) is 53.6 Å². The Morgan fingerprint density at radius 1 is 0.829 bits per heavy atom. The topological polar surface area (TPSA) is 57.9 Å². The standard InChI is InChI=1S/C18H5BrF12NO2S/c19-12-6-10(35(33,34)18(29,30)31)5-11(13(12)9-3-1-8(7-32)2-4-9)14(20,16(23,24)25)15(21,22)17(26,27)28/h1-5H. The van der Waals surface area contributed by atoms with Crippen LogP contribution in [0.1, 0.15) is 11.1 Å². The zero-order valence-corrected chi connectivity index (χ0v) is 18.4. The Bertz CT molecular complexity index is 1280. The van der Waals surface area contributed by atoms with Gasteiger partial charge in [0.05, 0.1) is 16.5 Å². The van der Waals surface area contributed by atoms with E-state index >= 15 is 4.39 Å². The molecule has 0 spiro atoms. The number of alkyl halides is 12. The van der Waals surface area contributed by atoms with E-state index in [1.54, 1.807) is 0 Å². The molecule has 0 heterocycles. The molecule has 0 aliphatic carbocycles. The molecule has 0 fully saturated rings. The predicted octanol–water partition coefficient (Wildman–Crippen LogP) is 7.01. The molecule has 2 aromatic carbocycles. The molecule has 0 saturated carbocycles. The molecule has 2 rings (SSSR count). The van der Waals surface area contributed by atoms with E-state index in [1.165, 1.54) is 12.1 Å². The van der Waals surface area contributed by atoms with Gasteiger partial charge in [-0.05, 0) is 39.7 Å². The first-order valence-electron chi connectivity index (χ1n) is 8.32. The van der Waals surface area contributed by atoms with Crippen molar-refractivity contribution in [3.05, 3.63) is 52.0 Å². The molecule has 0 amide bonds. The molecule has 35 heavy (non-hydrogen) atoms. The Morgan fingerprint density at radius 2 is 1.31 bits per heavy atom. The third-order valence-electron chi connectivity index (χ3n) is 4.44. The highest BCUT2D eigenvalue weighted by atomic mass is 79.9. The average Bonchev–Trinajstić information content (AvgIpc) is 2.70. The normalized spacial score (nSPS) is 15.4. The zero-order valence-electron chi connectivity index (χ0n) is 16.0. The third-order valence-corrected chi connectivity index (χ3v) is 6.45. The minimum absolute atomic E-state index is 0.213. The lowest BCUT2D eigenvalue weighted by Gasteiger charge is -2.37. The Morgan fingerprint density at radius 3 is 1.69 bits per heavy atom. The molecule has 17 heteroatoms. The first-order chi connectivity index (χ1) is 15.5. The maximum absolute atomic E-state index is 15.3. The number of nitriles is 1. The van der Waals surface area contributed by atoms with E-state index in [0.717, 1.165) is 12.1 Å². The van der Waals surface area contributed by atoms with Gasteiger partial charge in [0, 0.05) is 21.7 Å². The fraction of sp³-hybridized carbons (Fsp3) is 0.278. The van der Waals surface area contributed by atoms with Crippen molar-refractivity contribution >= 4 is 25.8 Å². The van der Waals surface area contributed by atoms with Crippen LogP contribution >= 0.6 is 15.9 Å². The monoisotopic (exact) mass is 606 g/mol. The summed E-state index contributed by atoms with van der Waals surface area (Å²) in [6.45, 7) is 0. The smallest absolute Gasteiger partial charge is 0.221 e. The number of hydrogen-bond donors (Lipinski definition) is 0. The van der Waals surface area contributed by atoms with Crippen molar-refractivity contribution in [3.8, 4) is 17.2 Å². The van der Waals surface area contributed by atoms with Gasteiger partial charge in [-0.3, -0.25) is 0 Å². The molecule has 191 valence electrons. The number of nitrogens with zero attached hydrogens (tertiary/aromatic N) is 1. The van der Waals surface area contributed by atoms with Crippen LogP contribution in [-0.2, 0) is 15.5 Å². The second-order valence-electron chi connectivity index (χ2n) is 6.60. The predicted molar refractivity (Wildman–Crippen MR) is 96.2 cm³/mol. The van der Waals surface area contributed by atoms with E-state index in [2.05, 4.69) is 15.9 Å². The molecule has 0 saturated heterocycles. The van der Waals surface area contributed by atoms with Gasteiger partial charge < -0.3 is 0 Å². The first kappa shape index (κ1) is 28.8. The lowest BCUT2D eigenvalue weighted by Crippen LogP contribution is -2.60. The molecule has 0 bridgehead atoms. The lowest BCUT2D eigenvalue weighted by molar-refractivity contribution is -0.389. The van der Waals surface area contributed by atoms with Gasteiger partial charge in [0.15, 0.2) is 0 Å². The van der Waals surface area contributed by atoms with E-state index in [4.69, 9.17) is 5.26 Å². The van der Waals surface area contributed by atoms with E-state index in [9.17, 15) is 56.7 Å². The zero-order chi connectivity index (χ0) is 27.4. The summed E-state index contributed by atoms with van der Waals surface area (Å²) in [7, 11) is -6.71. The first-order valence-corrected chi connectivity index (χ1v) is 10.6. The van der Waals surface area contributed by atoms with Crippen LogP contribution in [-0.4, -0.2) is 32.2 Å². The van der Waals surface area contributed by atoms with E-state index in [-0.39, 0.29) is 5.56 Å². The van der Waals surface area contributed by atoms with Crippen LogP contribution in [0.4, 0.5) is 52.7 Å². The summed E-state index contributed by atoms with van der Waals surface area (Å²) in [5.41, 5.74) is -18.4. The minimum atomic E-state index is -7.32. The number of benzene rings is 2. The summed E-state index contributed by atoms with van der Waals surface area (Å²) in [5.74, 6) is -7.32. The molecule has 0 aliphatic heterocycles. The maximum atomic E-state index is 15.3. The average molecular weight is 607 g/mol. The molecular formula is C18H5BrF12NO2S. The van der Waals surface area contributed by atoms with Crippen LogP contribution in [0.3, 0.4) is 0 Å². The van der Waals surface area contributed by atoms with Crippen molar-refractivity contribution in [1.29, 1.82) is 5.26 Å². The van der Waals surface area contributed by atoms with Crippen LogP contribution in [0.25, 0.3) is 11.1 Å². The van der Waals surface area contributed by atoms with Crippen molar-refractivity contribution in [2.24, 2.45) is 0 Å². The van der Waals surface area contributed by atoms with Crippen molar-refractivity contribution in [2.45, 2.75) is 34.3 Å². The molecule has 1 radical (unpaired) electrons. The summed E-state index contributed by atoms with van der Waals surface area (Å²) in [6, 6.07) is 4.90. The van der Waals surface area contributed by atoms with Crippen molar-refractivity contribution in [1.82, 2.24) is 0 Å². The highest BCUT2D eigenvalue weighted by Crippen LogP contribution is 2.60. The molecule has 0 N–H and O–H groups in total. The second kappa shape index (κ2) is 8.57. The second-order valence-corrected chi connectivity index (χ2v) is 9.31. The fourth-order valence-electron chi connectivity index (χ4n) is 2.76. The van der Waals surface area contributed by atoms with E-state index in [0.29, 0.717) is 12.1 Å². The van der Waals surface area contributed by atoms with Gasteiger partial charge in [0.1, 0.15) is 0 Å². The summed E-state index contributed by atoms with van der Waals surface area (Å²) in [4.78, 5) is -2.37. The lowest BCUT2D eigenvalue weighted by atomic mass is 9.82. The minimum Gasteiger partial charge on any atom is -0.221 e. The Labute approximate surface area is 196 Å². The summed E-state index contributed by atoms with van der Waals surface area (Å²) < 4.78 is 184. The van der Waals surface area contributed by atoms with Crippen molar-refractivity contribution < 1.29 is 61.1 Å². The number of halogens is 13. The number of hydrogen-bond acceptors (Lipinski definition) is 3. The van der Waals surface area contributed by atoms with E-state index < -0.39 is 71.4 Å². The third kappa shape index (κ3) is 4.57. The van der Waals surface area contributed by atoms with Gasteiger partial charge in [0.2, 0.25) is 0 Å². The highest BCUT2D eigenvalue weighted by Gasteiger charge is 2.82. The van der Waals surface area contributed by atoms with E-state index in [1.807, 2.05) is 0 Å². The summed E-state index contributed by atoms with van der Waals surface area (Å²) >= 11 is 2.29. The van der Waals surface area contributed by atoms with Gasteiger partial charge in [-0.1, -0.05) is 12.1 Å². The number of sulfone groups is 1. The summed E-state index contributed by atoms with van der Waals surface area (Å²) in [5, 5.41) is 8.77. The molecule has 3 nitrogen and oxygen atoms in total.